The van der Waals surface area contributed by atoms with Gasteiger partial charge in [0.25, 0.3) is 0 Å². The molecule has 2 fully saturated rings. The molecule has 4 nitrogen and oxygen atoms in total. The molecule has 0 aromatic rings. The number of carbonyl (C=O) groups is 1. The van der Waals surface area contributed by atoms with E-state index in [2.05, 4.69) is 19.2 Å². The number of hydrogen-bond donors (Lipinski definition) is 2. The number of rotatable bonds is 4. The number of ether oxygens (including phenoxy) is 1. The molecule has 1 aliphatic heterocycles. The van der Waals surface area contributed by atoms with Crippen molar-refractivity contribution in [1.29, 1.82) is 0 Å². The normalized spacial score (nSPS) is 35.6. The van der Waals surface area contributed by atoms with E-state index in [1.165, 1.54) is 0 Å². The maximum Gasteiger partial charge on any atom is 0.225 e. The Morgan fingerprint density at radius 3 is 2.74 bits per heavy atom. The quantitative estimate of drug-likeness (QED) is 0.817. The smallest absolute Gasteiger partial charge is 0.225 e. The van der Waals surface area contributed by atoms with Crippen molar-refractivity contribution in [3.63, 3.8) is 0 Å². The van der Waals surface area contributed by atoms with Crippen LogP contribution in [0.2, 0.25) is 0 Å². The molecule has 19 heavy (non-hydrogen) atoms. The van der Waals surface area contributed by atoms with Crippen molar-refractivity contribution in [3.8, 4) is 0 Å². The summed E-state index contributed by atoms with van der Waals surface area (Å²) in [6, 6.07) is 0. The third-order valence-electron chi connectivity index (χ3n) is 4.51. The minimum absolute atomic E-state index is 0.0260. The van der Waals surface area contributed by atoms with E-state index in [1.54, 1.807) is 0 Å². The molecular formula is C15H27NO3. The largest absolute Gasteiger partial charge is 0.392 e. The Balaban J connectivity index is 1.81. The first-order valence-electron chi connectivity index (χ1n) is 7.67. The van der Waals surface area contributed by atoms with Crippen LogP contribution >= 0.6 is 0 Å². The second kappa shape index (κ2) is 6.71. The number of aliphatic hydroxyl groups is 1. The van der Waals surface area contributed by atoms with Crippen LogP contribution in [-0.2, 0) is 9.53 Å². The molecule has 110 valence electrons. The number of nitrogens with one attached hydrogen (secondary N) is 1. The van der Waals surface area contributed by atoms with E-state index in [0.717, 1.165) is 38.7 Å². The Bertz CT molecular complexity index is 306. The minimum Gasteiger partial charge on any atom is -0.392 e. The fourth-order valence-electron chi connectivity index (χ4n) is 3.43. The first-order valence-corrected chi connectivity index (χ1v) is 7.67. The fourth-order valence-corrected chi connectivity index (χ4v) is 3.43. The van der Waals surface area contributed by atoms with Gasteiger partial charge in [0.1, 0.15) is 0 Å². The summed E-state index contributed by atoms with van der Waals surface area (Å²) in [6.07, 6.45) is 4.55. The lowest BCUT2D eigenvalue weighted by Gasteiger charge is -2.34. The molecule has 2 rings (SSSR count). The highest BCUT2D eigenvalue weighted by Crippen LogP contribution is 2.27. The highest BCUT2D eigenvalue weighted by atomic mass is 16.5. The number of hydrogen-bond acceptors (Lipinski definition) is 3. The predicted octanol–water partition coefficient (Wildman–Crippen LogP) is 1.71. The molecule has 0 radical (unpaired) electrons. The van der Waals surface area contributed by atoms with Crippen LogP contribution in [0.3, 0.4) is 0 Å². The standard InChI is InChI=1S/C15H27NO3/c1-10(2)14-11(5-4-8-19-14)9-16-15(18)12-6-3-7-13(12)17/h10-14,17H,3-9H2,1-2H3,(H,16,18). The van der Waals surface area contributed by atoms with Gasteiger partial charge in [0.15, 0.2) is 0 Å². The molecule has 1 saturated heterocycles. The molecule has 0 aromatic heterocycles. The summed E-state index contributed by atoms with van der Waals surface area (Å²) in [6.45, 7) is 5.87. The third-order valence-corrected chi connectivity index (χ3v) is 4.51. The molecule has 1 heterocycles. The van der Waals surface area contributed by atoms with E-state index < -0.39 is 6.10 Å². The van der Waals surface area contributed by atoms with Crippen molar-refractivity contribution in [2.24, 2.45) is 17.8 Å². The molecule has 2 aliphatic rings. The van der Waals surface area contributed by atoms with Gasteiger partial charge in [-0.2, -0.15) is 0 Å². The van der Waals surface area contributed by atoms with Crippen molar-refractivity contribution in [1.82, 2.24) is 5.32 Å². The zero-order valence-electron chi connectivity index (χ0n) is 12.1. The van der Waals surface area contributed by atoms with Crippen LogP contribution in [0.1, 0.15) is 46.0 Å². The van der Waals surface area contributed by atoms with Gasteiger partial charge in [-0.3, -0.25) is 4.79 Å². The van der Waals surface area contributed by atoms with Crippen LogP contribution in [0.4, 0.5) is 0 Å². The monoisotopic (exact) mass is 269 g/mol. The second-order valence-corrected chi connectivity index (χ2v) is 6.33. The van der Waals surface area contributed by atoms with E-state index in [9.17, 15) is 9.90 Å². The highest BCUT2D eigenvalue weighted by Gasteiger charge is 2.33. The molecule has 0 bridgehead atoms. The van der Waals surface area contributed by atoms with Crippen LogP contribution in [0, 0.1) is 17.8 Å². The molecule has 4 atom stereocenters. The Hall–Kier alpha value is -0.610. The van der Waals surface area contributed by atoms with Gasteiger partial charge >= 0.3 is 0 Å². The van der Waals surface area contributed by atoms with Crippen molar-refractivity contribution >= 4 is 5.91 Å². The number of amides is 1. The maximum atomic E-state index is 12.1. The molecule has 4 unspecified atom stereocenters. The highest BCUT2D eigenvalue weighted by molar-refractivity contribution is 5.79. The van der Waals surface area contributed by atoms with Gasteiger partial charge in [0, 0.05) is 19.1 Å². The summed E-state index contributed by atoms with van der Waals surface area (Å²) >= 11 is 0. The third kappa shape index (κ3) is 3.69. The van der Waals surface area contributed by atoms with Crippen LogP contribution in [0.25, 0.3) is 0 Å². The molecule has 1 amide bonds. The number of aliphatic hydroxyl groups excluding tert-OH is 1. The zero-order chi connectivity index (χ0) is 13.8. The molecule has 0 spiro atoms. The first-order chi connectivity index (χ1) is 9.09. The summed E-state index contributed by atoms with van der Waals surface area (Å²) in [4.78, 5) is 12.1. The van der Waals surface area contributed by atoms with Crippen LogP contribution in [0.5, 0.6) is 0 Å². The van der Waals surface area contributed by atoms with E-state index in [1.807, 2.05) is 0 Å². The van der Waals surface area contributed by atoms with Crippen molar-refractivity contribution in [3.05, 3.63) is 0 Å². The SMILES string of the molecule is CC(C)C1OCCCC1CNC(=O)C1CCCC1O. The lowest BCUT2D eigenvalue weighted by Crippen LogP contribution is -2.43. The molecule has 4 heteroatoms. The molecular weight excluding hydrogens is 242 g/mol. The maximum absolute atomic E-state index is 12.1. The number of carbonyl (C=O) groups excluding carboxylic acids is 1. The van der Waals surface area contributed by atoms with Gasteiger partial charge in [0.05, 0.1) is 18.1 Å². The lowest BCUT2D eigenvalue weighted by atomic mass is 9.87. The summed E-state index contributed by atoms with van der Waals surface area (Å²) in [7, 11) is 0. The summed E-state index contributed by atoms with van der Waals surface area (Å²) in [5.74, 6) is 0.732. The van der Waals surface area contributed by atoms with Crippen LogP contribution < -0.4 is 5.32 Å². The predicted molar refractivity (Wildman–Crippen MR) is 73.7 cm³/mol. The average Bonchev–Trinajstić information content (AvgIpc) is 2.82. The Morgan fingerprint density at radius 2 is 2.11 bits per heavy atom. The van der Waals surface area contributed by atoms with Gasteiger partial charge < -0.3 is 15.2 Å². The van der Waals surface area contributed by atoms with Gasteiger partial charge in [-0.05, 0) is 38.0 Å². The van der Waals surface area contributed by atoms with Crippen molar-refractivity contribution in [2.45, 2.75) is 58.2 Å². The molecule has 0 aromatic carbocycles. The molecule has 1 saturated carbocycles. The Morgan fingerprint density at radius 1 is 1.32 bits per heavy atom. The van der Waals surface area contributed by atoms with E-state index >= 15 is 0 Å². The van der Waals surface area contributed by atoms with Crippen molar-refractivity contribution in [2.75, 3.05) is 13.2 Å². The topological polar surface area (TPSA) is 58.6 Å². The average molecular weight is 269 g/mol. The summed E-state index contributed by atoms with van der Waals surface area (Å²) < 4.78 is 5.83. The van der Waals surface area contributed by atoms with E-state index in [0.29, 0.717) is 18.4 Å². The Kier molecular flexibility index (Phi) is 5.22. The van der Waals surface area contributed by atoms with E-state index in [4.69, 9.17) is 4.74 Å². The fraction of sp³-hybridized carbons (Fsp3) is 0.933. The molecule has 2 N–H and O–H groups in total. The summed E-state index contributed by atoms with van der Waals surface area (Å²) in [5.41, 5.74) is 0. The first kappa shape index (κ1) is 14.8. The van der Waals surface area contributed by atoms with E-state index in [-0.39, 0.29) is 17.9 Å². The van der Waals surface area contributed by atoms with Gasteiger partial charge in [-0.25, -0.2) is 0 Å². The van der Waals surface area contributed by atoms with Gasteiger partial charge in [-0.1, -0.05) is 13.8 Å². The van der Waals surface area contributed by atoms with Gasteiger partial charge in [0.2, 0.25) is 5.91 Å². The zero-order valence-corrected chi connectivity index (χ0v) is 12.1. The summed E-state index contributed by atoms with van der Waals surface area (Å²) in [5, 5.41) is 12.8. The lowest BCUT2D eigenvalue weighted by molar-refractivity contribution is -0.128. The van der Waals surface area contributed by atoms with Crippen LogP contribution in [-0.4, -0.2) is 36.4 Å². The van der Waals surface area contributed by atoms with Crippen molar-refractivity contribution < 1.29 is 14.6 Å². The van der Waals surface area contributed by atoms with Gasteiger partial charge in [-0.15, -0.1) is 0 Å². The van der Waals surface area contributed by atoms with Crippen LogP contribution in [0.15, 0.2) is 0 Å². The minimum atomic E-state index is -0.441. The molecule has 1 aliphatic carbocycles. The Labute approximate surface area is 115 Å². The second-order valence-electron chi connectivity index (χ2n) is 6.33.